The third-order valence-electron chi connectivity index (χ3n) is 4.69. The lowest BCUT2D eigenvalue weighted by molar-refractivity contribution is -0.142. The van der Waals surface area contributed by atoms with E-state index in [1.54, 1.807) is 18.2 Å². The molecule has 3 aromatic rings. The first-order chi connectivity index (χ1) is 15.8. The molecule has 1 amide bonds. The van der Waals surface area contributed by atoms with Crippen LogP contribution in [0.3, 0.4) is 0 Å². The minimum atomic E-state index is -0.651. The highest BCUT2D eigenvalue weighted by atomic mass is 35.5. The second kappa shape index (κ2) is 11.5. The number of halogens is 2. The molecule has 3 aromatic carbocycles. The first-order valence-corrected chi connectivity index (χ1v) is 11.1. The van der Waals surface area contributed by atoms with Gasteiger partial charge >= 0.3 is 5.97 Å². The highest BCUT2D eigenvalue weighted by Crippen LogP contribution is 2.28. The largest absolute Gasteiger partial charge is 0.452 e. The van der Waals surface area contributed by atoms with E-state index in [9.17, 15) is 9.59 Å². The fourth-order valence-electron chi connectivity index (χ4n) is 3.22. The first-order valence-electron chi connectivity index (χ1n) is 10.4. The van der Waals surface area contributed by atoms with Crippen LogP contribution in [-0.2, 0) is 14.3 Å². The predicted octanol–water partition coefficient (Wildman–Crippen LogP) is 6.74. The standard InChI is InChI=1S/C26H24Cl2N2O3/c1-18(2)30(22-6-4-3-5-7-22)23-13-11-21(12-14-23)29-25(31)17-33-26(32)15-9-19-8-10-20(27)16-24(19)28/h3-16,18H,17H2,1-2H3,(H,29,31)/b15-9+. The Morgan fingerprint density at radius 2 is 1.64 bits per heavy atom. The Hall–Kier alpha value is -3.28. The number of carbonyl (C=O) groups is 2. The molecule has 0 saturated heterocycles. The number of anilines is 3. The van der Waals surface area contributed by atoms with E-state index in [1.807, 2.05) is 42.5 Å². The van der Waals surface area contributed by atoms with Gasteiger partial charge in [-0.2, -0.15) is 0 Å². The lowest BCUT2D eigenvalue weighted by Gasteiger charge is -2.29. The van der Waals surface area contributed by atoms with E-state index < -0.39 is 18.5 Å². The van der Waals surface area contributed by atoms with Crippen LogP contribution in [0.1, 0.15) is 19.4 Å². The van der Waals surface area contributed by atoms with Crippen LogP contribution in [0, 0.1) is 0 Å². The van der Waals surface area contributed by atoms with Crippen molar-refractivity contribution in [2.45, 2.75) is 19.9 Å². The fraction of sp³-hybridized carbons (Fsp3) is 0.154. The van der Waals surface area contributed by atoms with Crippen molar-refractivity contribution >= 4 is 58.2 Å². The van der Waals surface area contributed by atoms with E-state index in [-0.39, 0.29) is 6.04 Å². The van der Waals surface area contributed by atoms with Gasteiger partial charge in [-0.05, 0) is 74.0 Å². The van der Waals surface area contributed by atoms with Crippen LogP contribution in [-0.4, -0.2) is 24.5 Å². The van der Waals surface area contributed by atoms with E-state index in [0.29, 0.717) is 21.3 Å². The number of hydrogen-bond acceptors (Lipinski definition) is 4. The molecule has 0 saturated carbocycles. The molecule has 5 nitrogen and oxygen atoms in total. The molecule has 0 bridgehead atoms. The van der Waals surface area contributed by atoms with Crippen LogP contribution in [0.2, 0.25) is 10.0 Å². The molecular formula is C26H24Cl2N2O3. The number of ether oxygens (including phenoxy) is 1. The summed E-state index contributed by atoms with van der Waals surface area (Å²) in [7, 11) is 0. The number of esters is 1. The molecule has 0 aliphatic carbocycles. The smallest absolute Gasteiger partial charge is 0.331 e. The summed E-state index contributed by atoms with van der Waals surface area (Å²) < 4.78 is 5.00. The molecule has 0 aliphatic heterocycles. The number of para-hydroxylation sites is 1. The van der Waals surface area contributed by atoms with E-state index >= 15 is 0 Å². The van der Waals surface area contributed by atoms with Crippen LogP contribution in [0.25, 0.3) is 6.08 Å². The van der Waals surface area contributed by atoms with Gasteiger partial charge in [0.05, 0.1) is 0 Å². The highest BCUT2D eigenvalue weighted by Gasteiger charge is 2.13. The summed E-state index contributed by atoms with van der Waals surface area (Å²) in [5.74, 6) is -1.08. The van der Waals surface area contributed by atoms with Crippen LogP contribution >= 0.6 is 23.2 Å². The summed E-state index contributed by atoms with van der Waals surface area (Å²) in [5.41, 5.74) is 3.32. The molecule has 0 aromatic heterocycles. The number of amides is 1. The van der Waals surface area contributed by atoms with Gasteiger partial charge in [-0.15, -0.1) is 0 Å². The summed E-state index contributed by atoms with van der Waals surface area (Å²) in [6.45, 7) is 3.83. The topological polar surface area (TPSA) is 58.6 Å². The van der Waals surface area contributed by atoms with Gasteiger partial charge in [0.2, 0.25) is 0 Å². The zero-order chi connectivity index (χ0) is 23.8. The summed E-state index contributed by atoms with van der Waals surface area (Å²) in [5, 5.41) is 3.64. The van der Waals surface area contributed by atoms with Crippen molar-refractivity contribution < 1.29 is 14.3 Å². The van der Waals surface area contributed by atoms with Gasteiger partial charge in [0.25, 0.3) is 5.91 Å². The Balaban J connectivity index is 1.54. The molecule has 1 N–H and O–H groups in total. The maximum absolute atomic E-state index is 12.2. The molecule has 3 rings (SSSR count). The zero-order valence-electron chi connectivity index (χ0n) is 18.3. The Morgan fingerprint density at radius 3 is 2.27 bits per heavy atom. The number of carbonyl (C=O) groups excluding carboxylic acids is 2. The van der Waals surface area contributed by atoms with E-state index in [2.05, 4.69) is 36.2 Å². The average Bonchev–Trinajstić information content (AvgIpc) is 2.79. The van der Waals surface area contributed by atoms with Crippen molar-refractivity contribution in [3.8, 4) is 0 Å². The van der Waals surface area contributed by atoms with Crippen LogP contribution < -0.4 is 10.2 Å². The van der Waals surface area contributed by atoms with E-state index in [4.69, 9.17) is 27.9 Å². The minimum absolute atomic E-state index is 0.253. The number of hydrogen-bond donors (Lipinski definition) is 1. The molecule has 0 aliphatic rings. The van der Waals surface area contributed by atoms with Crippen LogP contribution in [0.5, 0.6) is 0 Å². The predicted molar refractivity (Wildman–Crippen MR) is 135 cm³/mol. The molecule has 0 fully saturated rings. The Bertz CT molecular complexity index is 1130. The summed E-state index contributed by atoms with van der Waals surface area (Å²) >= 11 is 11.9. The number of nitrogens with one attached hydrogen (secondary N) is 1. The monoisotopic (exact) mass is 482 g/mol. The molecule has 7 heteroatoms. The number of rotatable bonds is 8. The minimum Gasteiger partial charge on any atom is -0.452 e. The lowest BCUT2D eigenvalue weighted by Crippen LogP contribution is -2.25. The SMILES string of the molecule is CC(C)N(c1ccccc1)c1ccc(NC(=O)COC(=O)/C=C/c2ccc(Cl)cc2Cl)cc1. The summed E-state index contributed by atoms with van der Waals surface area (Å²) in [6, 6.07) is 22.8. The Kier molecular flexibility index (Phi) is 8.52. The van der Waals surface area contributed by atoms with Crippen molar-refractivity contribution in [3.63, 3.8) is 0 Å². The summed E-state index contributed by atoms with van der Waals surface area (Å²) in [6.07, 6.45) is 2.71. The lowest BCUT2D eigenvalue weighted by atomic mass is 10.2. The molecular weight excluding hydrogens is 459 g/mol. The van der Waals surface area contributed by atoms with Gasteiger partial charge in [0.15, 0.2) is 6.61 Å². The second-order valence-corrected chi connectivity index (χ2v) is 8.34. The number of nitrogens with zero attached hydrogens (tertiary/aromatic N) is 1. The second-order valence-electron chi connectivity index (χ2n) is 7.50. The van der Waals surface area contributed by atoms with Gasteiger partial charge in [-0.3, -0.25) is 4.79 Å². The van der Waals surface area contributed by atoms with Crippen LogP contribution in [0.15, 0.2) is 78.9 Å². The van der Waals surface area contributed by atoms with Gasteiger partial charge in [-0.25, -0.2) is 4.79 Å². The molecule has 170 valence electrons. The fourth-order valence-corrected chi connectivity index (χ4v) is 3.69. The van der Waals surface area contributed by atoms with Crippen molar-refractivity contribution in [3.05, 3.63) is 94.5 Å². The van der Waals surface area contributed by atoms with Crippen molar-refractivity contribution in [1.29, 1.82) is 0 Å². The van der Waals surface area contributed by atoms with Gasteiger partial charge in [-0.1, -0.05) is 47.5 Å². The molecule has 0 heterocycles. The maximum Gasteiger partial charge on any atom is 0.331 e. The van der Waals surface area contributed by atoms with E-state index in [0.717, 1.165) is 11.4 Å². The average molecular weight is 483 g/mol. The molecule has 0 radical (unpaired) electrons. The van der Waals surface area contributed by atoms with Crippen molar-refractivity contribution in [1.82, 2.24) is 0 Å². The third kappa shape index (κ3) is 7.11. The van der Waals surface area contributed by atoms with Gasteiger partial charge < -0.3 is 15.0 Å². The maximum atomic E-state index is 12.2. The van der Waals surface area contributed by atoms with Crippen molar-refractivity contribution in [2.24, 2.45) is 0 Å². The highest BCUT2D eigenvalue weighted by molar-refractivity contribution is 6.35. The Morgan fingerprint density at radius 1 is 0.970 bits per heavy atom. The summed E-state index contributed by atoms with van der Waals surface area (Å²) in [4.78, 5) is 26.3. The Labute approximate surface area is 203 Å². The molecule has 33 heavy (non-hydrogen) atoms. The van der Waals surface area contributed by atoms with Crippen molar-refractivity contribution in [2.75, 3.05) is 16.8 Å². The molecule has 0 unspecified atom stereocenters. The normalized spacial score (nSPS) is 10.9. The van der Waals surface area contributed by atoms with Crippen LogP contribution in [0.4, 0.5) is 17.1 Å². The van der Waals surface area contributed by atoms with E-state index in [1.165, 1.54) is 12.2 Å². The molecule has 0 atom stereocenters. The number of benzene rings is 3. The third-order valence-corrected chi connectivity index (χ3v) is 5.25. The molecule has 0 spiro atoms. The van der Waals surface area contributed by atoms with Gasteiger partial charge in [0.1, 0.15) is 0 Å². The first kappa shape index (κ1) is 24.4. The quantitative estimate of drug-likeness (QED) is 0.285. The van der Waals surface area contributed by atoms with Gasteiger partial charge in [0, 0.05) is 39.2 Å². The zero-order valence-corrected chi connectivity index (χ0v) is 19.8.